The molecule has 0 spiro atoms. The number of carbonyl (C=O) groups excluding carboxylic acids is 2. The molecule has 1 heterocycles. The number of carbonyl (C=O) groups is 2. The van der Waals surface area contributed by atoms with E-state index in [1.807, 2.05) is 0 Å². The lowest BCUT2D eigenvalue weighted by Gasteiger charge is -2.30. The Bertz CT molecular complexity index is 1480. The third kappa shape index (κ3) is 6.22. The van der Waals surface area contributed by atoms with Gasteiger partial charge in [0, 0.05) is 33.2 Å². The highest BCUT2D eigenvalue weighted by molar-refractivity contribution is 8.03. The predicted octanol–water partition coefficient (Wildman–Crippen LogP) is 6.32. The van der Waals surface area contributed by atoms with Crippen LogP contribution in [0.2, 0.25) is 5.02 Å². The summed E-state index contributed by atoms with van der Waals surface area (Å²) in [4.78, 5) is 25.9. The molecule has 192 valence electrons. The molecule has 3 aromatic rings. The van der Waals surface area contributed by atoms with Gasteiger partial charge in [0.1, 0.15) is 11.6 Å². The zero-order valence-electron chi connectivity index (χ0n) is 20.0. The van der Waals surface area contributed by atoms with Crippen LogP contribution in [0.4, 0.5) is 20.2 Å². The first-order valence-corrected chi connectivity index (χ1v) is 12.7. The van der Waals surface area contributed by atoms with Gasteiger partial charge in [0.05, 0.1) is 28.3 Å². The van der Waals surface area contributed by atoms with Gasteiger partial charge in [0.15, 0.2) is 0 Å². The van der Waals surface area contributed by atoms with Crippen LogP contribution < -0.4 is 16.0 Å². The lowest BCUT2D eigenvalue weighted by Crippen LogP contribution is -2.31. The van der Waals surface area contributed by atoms with E-state index in [2.05, 4.69) is 22.0 Å². The van der Waals surface area contributed by atoms with Crippen LogP contribution in [0.25, 0.3) is 0 Å². The molecular formula is C28H21ClF2N4O2S. The highest BCUT2D eigenvalue weighted by atomic mass is 35.5. The molecule has 0 unspecified atom stereocenters. The Morgan fingerprint density at radius 2 is 1.63 bits per heavy atom. The number of hydrogen-bond acceptors (Lipinski definition) is 5. The SMILES string of the molecule is CC1=C(C(=O)Nc2ccc(Cl)cc2)[C@H](c2ccccc2F)C(C#N)=C(SCC(=O)Nc2ccc(F)cc2)N1. The zero-order valence-corrected chi connectivity index (χ0v) is 21.6. The monoisotopic (exact) mass is 550 g/mol. The topological polar surface area (TPSA) is 94.0 Å². The maximum atomic E-state index is 15.0. The molecule has 1 aliphatic heterocycles. The summed E-state index contributed by atoms with van der Waals surface area (Å²) in [6.07, 6.45) is 0. The van der Waals surface area contributed by atoms with E-state index in [4.69, 9.17) is 11.6 Å². The van der Waals surface area contributed by atoms with Gasteiger partial charge in [-0.05, 0) is 61.5 Å². The van der Waals surface area contributed by atoms with E-state index in [1.54, 1.807) is 37.3 Å². The summed E-state index contributed by atoms with van der Waals surface area (Å²) < 4.78 is 28.2. The van der Waals surface area contributed by atoms with Gasteiger partial charge in [0.25, 0.3) is 5.91 Å². The van der Waals surface area contributed by atoms with E-state index in [-0.39, 0.29) is 28.4 Å². The van der Waals surface area contributed by atoms with Crippen LogP contribution in [0.3, 0.4) is 0 Å². The van der Waals surface area contributed by atoms with E-state index in [9.17, 15) is 19.2 Å². The van der Waals surface area contributed by atoms with E-state index in [1.165, 1.54) is 42.5 Å². The minimum absolute atomic E-state index is 0.0888. The third-order valence-electron chi connectivity index (χ3n) is 5.69. The first-order chi connectivity index (χ1) is 18.3. The normalized spacial score (nSPS) is 15.0. The van der Waals surface area contributed by atoms with Gasteiger partial charge in [0.2, 0.25) is 5.91 Å². The molecule has 1 aliphatic rings. The molecule has 0 bridgehead atoms. The van der Waals surface area contributed by atoms with Crippen molar-refractivity contribution in [1.82, 2.24) is 5.32 Å². The van der Waals surface area contributed by atoms with Crippen molar-refractivity contribution in [2.45, 2.75) is 12.8 Å². The van der Waals surface area contributed by atoms with Gasteiger partial charge in [-0.3, -0.25) is 9.59 Å². The number of hydrogen-bond donors (Lipinski definition) is 3. The zero-order chi connectivity index (χ0) is 27.2. The minimum atomic E-state index is -1.02. The average molecular weight is 551 g/mol. The van der Waals surface area contributed by atoms with Gasteiger partial charge >= 0.3 is 0 Å². The molecule has 3 aromatic carbocycles. The largest absolute Gasteiger partial charge is 0.353 e. The number of nitrogens with zero attached hydrogens (tertiary/aromatic N) is 1. The Labute approximate surface area is 227 Å². The molecule has 0 fully saturated rings. The van der Waals surface area contributed by atoms with Crippen LogP contribution in [0.1, 0.15) is 18.4 Å². The Morgan fingerprint density at radius 1 is 1.00 bits per heavy atom. The summed E-state index contributed by atoms with van der Waals surface area (Å²) in [7, 11) is 0. The van der Waals surface area contributed by atoms with Gasteiger partial charge in [-0.25, -0.2) is 8.78 Å². The quantitative estimate of drug-likeness (QED) is 0.320. The van der Waals surface area contributed by atoms with Crippen molar-refractivity contribution in [2.24, 2.45) is 0 Å². The Hall–Kier alpha value is -4.13. The van der Waals surface area contributed by atoms with Crippen LogP contribution in [-0.2, 0) is 9.59 Å². The summed E-state index contributed by atoms with van der Waals surface area (Å²) in [5.74, 6) is -3.01. The van der Waals surface area contributed by atoms with Crippen molar-refractivity contribution in [3.63, 3.8) is 0 Å². The number of nitriles is 1. The smallest absolute Gasteiger partial charge is 0.254 e. The van der Waals surface area contributed by atoms with Gasteiger partial charge in [-0.15, -0.1) is 0 Å². The molecule has 1 atom stereocenters. The maximum Gasteiger partial charge on any atom is 0.254 e. The fraction of sp³-hybridized carbons (Fsp3) is 0.107. The van der Waals surface area contributed by atoms with Crippen LogP contribution in [0, 0.1) is 23.0 Å². The van der Waals surface area contributed by atoms with Gasteiger partial charge < -0.3 is 16.0 Å². The number of amides is 2. The molecule has 0 radical (unpaired) electrons. The average Bonchev–Trinajstić information content (AvgIpc) is 2.90. The number of anilines is 2. The Kier molecular flexibility index (Phi) is 8.46. The fourth-order valence-electron chi connectivity index (χ4n) is 3.95. The standard InChI is InChI=1S/C28H21ClF2N4O2S/c1-16-25(27(37)35-20-10-6-17(29)7-11-20)26(21-4-2-3-5-23(21)31)22(14-32)28(33-16)38-15-24(36)34-19-12-8-18(30)9-13-19/h2-13,26,33H,15H2,1H3,(H,34,36)(H,35,37)/t26-/m1/s1. The highest BCUT2D eigenvalue weighted by Gasteiger charge is 2.36. The molecule has 2 amide bonds. The molecule has 3 N–H and O–H groups in total. The van der Waals surface area contributed by atoms with E-state index >= 15 is 4.39 Å². The number of allylic oxidation sites excluding steroid dienone is 2. The molecule has 4 rings (SSSR count). The van der Waals surface area contributed by atoms with Crippen LogP contribution in [0.5, 0.6) is 0 Å². The molecule has 0 aromatic heterocycles. The van der Waals surface area contributed by atoms with Crippen molar-refractivity contribution in [3.05, 3.63) is 117 Å². The Morgan fingerprint density at radius 3 is 2.29 bits per heavy atom. The highest BCUT2D eigenvalue weighted by Crippen LogP contribution is 2.41. The van der Waals surface area contributed by atoms with Crippen LogP contribution in [0.15, 0.2) is 94.7 Å². The van der Waals surface area contributed by atoms with Gasteiger partial charge in [-0.2, -0.15) is 5.26 Å². The number of rotatable bonds is 7. The molecule has 6 nitrogen and oxygen atoms in total. The predicted molar refractivity (Wildman–Crippen MR) is 145 cm³/mol. The molecule has 38 heavy (non-hydrogen) atoms. The second kappa shape index (κ2) is 11.9. The summed E-state index contributed by atoms with van der Waals surface area (Å²) in [6, 6.07) is 19.9. The second-order valence-corrected chi connectivity index (χ2v) is 9.70. The molecular weight excluding hydrogens is 530 g/mol. The van der Waals surface area contributed by atoms with Crippen molar-refractivity contribution < 1.29 is 18.4 Å². The van der Waals surface area contributed by atoms with Gasteiger partial charge in [-0.1, -0.05) is 41.6 Å². The molecule has 0 saturated heterocycles. The second-order valence-electron chi connectivity index (χ2n) is 8.28. The van der Waals surface area contributed by atoms with E-state index in [0.29, 0.717) is 27.1 Å². The lowest BCUT2D eigenvalue weighted by atomic mass is 9.82. The first-order valence-electron chi connectivity index (χ1n) is 11.4. The van der Waals surface area contributed by atoms with E-state index < -0.39 is 23.5 Å². The summed E-state index contributed by atoms with van der Waals surface area (Å²) in [6.45, 7) is 1.65. The van der Waals surface area contributed by atoms with Crippen LogP contribution >= 0.6 is 23.4 Å². The fourth-order valence-corrected chi connectivity index (χ4v) is 4.97. The van der Waals surface area contributed by atoms with Crippen molar-refractivity contribution >= 4 is 46.6 Å². The minimum Gasteiger partial charge on any atom is -0.353 e. The van der Waals surface area contributed by atoms with E-state index in [0.717, 1.165) is 11.8 Å². The number of thioether (sulfide) groups is 1. The van der Waals surface area contributed by atoms with Crippen molar-refractivity contribution in [1.29, 1.82) is 5.26 Å². The Balaban J connectivity index is 1.63. The summed E-state index contributed by atoms with van der Waals surface area (Å²) >= 11 is 6.98. The third-order valence-corrected chi connectivity index (χ3v) is 6.96. The van der Waals surface area contributed by atoms with Crippen LogP contribution in [-0.4, -0.2) is 17.6 Å². The summed E-state index contributed by atoms with van der Waals surface area (Å²) in [5.41, 5.74) is 1.73. The number of benzene rings is 3. The number of dihydropyridines is 1. The number of halogens is 3. The maximum absolute atomic E-state index is 15.0. The first kappa shape index (κ1) is 26.9. The molecule has 10 heteroatoms. The van der Waals surface area contributed by atoms with Crippen molar-refractivity contribution in [2.75, 3.05) is 16.4 Å². The lowest BCUT2D eigenvalue weighted by molar-refractivity contribution is -0.114. The summed E-state index contributed by atoms with van der Waals surface area (Å²) in [5, 5.41) is 19.5. The van der Waals surface area contributed by atoms with Crippen molar-refractivity contribution in [3.8, 4) is 6.07 Å². The molecule has 0 saturated carbocycles. The number of nitrogens with one attached hydrogen (secondary N) is 3. The molecule has 0 aliphatic carbocycles.